The molecule has 14 heteroatoms. The van der Waals surface area contributed by atoms with Gasteiger partial charge in [-0.05, 0) is 66.8 Å². The predicted octanol–water partition coefficient (Wildman–Crippen LogP) is 6.76. The van der Waals surface area contributed by atoms with Crippen LogP contribution in [0.2, 0.25) is 0 Å². The van der Waals surface area contributed by atoms with Crippen LogP contribution in [0.1, 0.15) is 69.8 Å². The summed E-state index contributed by atoms with van der Waals surface area (Å²) < 4.78 is 89.0. The molecule has 4 aromatic rings. The number of ketones is 1. The fraction of sp³-hybridized carbons (Fsp3) is 0.312. The summed E-state index contributed by atoms with van der Waals surface area (Å²) in [6.07, 6.45) is -16.7. The molecule has 0 bridgehead atoms. The zero-order chi connectivity index (χ0) is 34.1. The number of hydrogen-bond acceptors (Lipinski definition) is 6. The molecule has 3 aromatic carbocycles. The lowest BCUT2D eigenvalue weighted by atomic mass is 9.98. The molecule has 46 heavy (non-hydrogen) atoms. The molecule has 0 amide bonds. The topological polar surface area (TPSA) is 102 Å². The average molecular weight is 651 g/mol. The molecule has 0 N–H and O–H groups in total. The van der Waals surface area contributed by atoms with Crippen LogP contribution in [0, 0.1) is 12.1 Å². The van der Waals surface area contributed by atoms with Gasteiger partial charge in [-0.25, -0.2) is 4.79 Å². The molecular weight excluding hydrogens is 622 g/mol. The summed E-state index contributed by atoms with van der Waals surface area (Å²) in [4.78, 5) is 39.5. The average Bonchev–Trinajstić information content (AvgIpc) is 3.24. The van der Waals surface area contributed by atoms with Crippen molar-refractivity contribution >= 4 is 28.6 Å². The number of alkyl halides is 6. The van der Waals surface area contributed by atoms with Crippen LogP contribution in [-0.2, 0) is 22.5 Å². The molecule has 0 spiro atoms. The second-order valence-corrected chi connectivity index (χ2v) is 10.8. The van der Waals surface area contributed by atoms with Crippen molar-refractivity contribution < 1.29 is 55.0 Å². The molecule has 0 aliphatic carbocycles. The van der Waals surface area contributed by atoms with E-state index >= 15 is 0 Å². The zero-order valence-electron chi connectivity index (χ0n) is 25.0. The number of aromatic nitrogens is 2. The van der Waals surface area contributed by atoms with Crippen LogP contribution in [0.15, 0.2) is 60.7 Å². The standard InChI is InChI=1S/C32H28F6N2O6/c1-5-39-24-13-11-19(16-26(41)45-25-14-18(4)10-12-20(25)17(2)3)15-23(24)27(40(39)44)28(42)21-8-6-7-9-22(21)29(43)46-30(31(33,34)35)32(36,37)38/h6-15,17,30H,5,16H2,1-4H3. The Morgan fingerprint density at radius 1 is 0.913 bits per heavy atom. The third-order valence-electron chi connectivity index (χ3n) is 7.09. The van der Waals surface area contributed by atoms with Crippen molar-refractivity contribution in [1.82, 2.24) is 4.68 Å². The molecule has 1 aromatic heterocycles. The van der Waals surface area contributed by atoms with Gasteiger partial charge in [0.05, 0.1) is 23.9 Å². The van der Waals surface area contributed by atoms with Crippen molar-refractivity contribution in [1.29, 1.82) is 0 Å². The van der Waals surface area contributed by atoms with Crippen LogP contribution < -0.4 is 9.58 Å². The highest BCUT2D eigenvalue weighted by atomic mass is 19.4. The van der Waals surface area contributed by atoms with Gasteiger partial charge in [0.15, 0.2) is 0 Å². The summed E-state index contributed by atoms with van der Waals surface area (Å²) in [6, 6.07) is 14.0. The second-order valence-electron chi connectivity index (χ2n) is 10.8. The van der Waals surface area contributed by atoms with E-state index in [1.807, 2.05) is 32.9 Å². The van der Waals surface area contributed by atoms with Crippen LogP contribution in [0.25, 0.3) is 10.9 Å². The number of benzene rings is 3. The van der Waals surface area contributed by atoms with E-state index in [2.05, 4.69) is 4.74 Å². The Bertz CT molecular complexity index is 1800. The summed E-state index contributed by atoms with van der Waals surface area (Å²) >= 11 is 0. The number of carbonyl (C=O) groups is 3. The summed E-state index contributed by atoms with van der Waals surface area (Å²) in [6.45, 7) is 7.37. The molecule has 0 unspecified atom stereocenters. The lowest BCUT2D eigenvalue weighted by Gasteiger charge is -2.23. The van der Waals surface area contributed by atoms with Crippen LogP contribution in [-0.4, -0.2) is 40.9 Å². The number of esters is 2. The van der Waals surface area contributed by atoms with E-state index in [-0.39, 0.29) is 34.6 Å². The highest BCUT2D eigenvalue weighted by molar-refractivity contribution is 6.17. The monoisotopic (exact) mass is 650 g/mol. The molecule has 0 aliphatic heterocycles. The van der Waals surface area contributed by atoms with Crippen molar-refractivity contribution in [2.45, 2.75) is 65.0 Å². The lowest BCUT2D eigenvalue weighted by molar-refractivity contribution is -0.692. The molecule has 0 atom stereocenters. The van der Waals surface area contributed by atoms with Crippen LogP contribution in [0.5, 0.6) is 5.75 Å². The number of hydrogen-bond donors (Lipinski definition) is 0. The van der Waals surface area contributed by atoms with E-state index in [1.165, 1.54) is 18.2 Å². The fourth-order valence-corrected chi connectivity index (χ4v) is 4.95. The number of nitrogens with zero attached hydrogens (tertiary/aromatic N) is 2. The van der Waals surface area contributed by atoms with Gasteiger partial charge in [0.25, 0.3) is 17.6 Å². The summed E-state index contributed by atoms with van der Waals surface area (Å²) in [5.74, 6) is -3.44. The number of ether oxygens (including phenoxy) is 2. The third-order valence-corrected chi connectivity index (χ3v) is 7.09. The summed E-state index contributed by atoms with van der Waals surface area (Å²) in [7, 11) is 0. The Morgan fingerprint density at radius 2 is 1.54 bits per heavy atom. The van der Waals surface area contributed by atoms with Crippen LogP contribution in [0.4, 0.5) is 26.3 Å². The van der Waals surface area contributed by atoms with Crippen molar-refractivity contribution in [2.75, 3.05) is 0 Å². The van der Waals surface area contributed by atoms with Gasteiger partial charge in [-0.1, -0.05) is 49.0 Å². The second kappa shape index (κ2) is 12.9. The first-order valence-electron chi connectivity index (χ1n) is 14.0. The molecular formula is C32H28F6N2O6. The van der Waals surface area contributed by atoms with E-state index in [4.69, 9.17) is 4.74 Å². The minimum atomic E-state index is -5.98. The number of aryl methyl sites for hydroxylation is 2. The molecule has 4 rings (SSSR count). The number of carbonyl (C=O) groups excluding carboxylic acids is 3. The maximum Gasteiger partial charge on any atom is 0.434 e. The molecule has 0 fully saturated rings. The van der Waals surface area contributed by atoms with Gasteiger partial charge in [-0.2, -0.15) is 26.3 Å². The Morgan fingerprint density at radius 3 is 2.13 bits per heavy atom. The van der Waals surface area contributed by atoms with E-state index in [0.717, 1.165) is 34.0 Å². The quantitative estimate of drug-likeness (QED) is 0.0496. The molecule has 8 nitrogen and oxygen atoms in total. The minimum Gasteiger partial charge on any atom is -0.595 e. The first-order chi connectivity index (χ1) is 21.4. The highest BCUT2D eigenvalue weighted by Gasteiger charge is 2.60. The lowest BCUT2D eigenvalue weighted by Crippen LogP contribution is -2.45. The van der Waals surface area contributed by atoms with Crippen molar-refractivity contribution in [3.63, 3.8) is 0 Å². The SMILES string of the molecule is CCn1c2ccc(CC(=O)Oc3cc(C)ccc3C(C)C)cc2c(C(=O)c2ccccc2C(=O)OC(C(F)(F)F)C(F)(F)F)[n+]1[O-]. The highest BCUT2D eigenvalue weighted by Crippen LogP contribution is 2.36. The maximum atomic E-state index is 13.7. The van der Waals surface area contributed by atoms with Gasteiger partial charge in [0.1, 0.15) is 11.3 Å². The summed E-state index contributed by atoms with van der Waals surface area (Å²) in [5.41, 5.74) is 0.107. The Balaban J connectivity index is 1.72. The molecule has 0 saturated carbocycles. The van der Waals surface area contributed by atoms with Gasteiger partial charge in [0, 0.05) is 5.56 Å². The maximum absolute atomic E-state index is 13.7. The van der Waals surface area contributed by atoms with E-state index in [1.54, 1.807) is 19.1 Å². The van der Waals surface area contributed by atoms with Crippen LogP contribution >= 0.6 is 0 Å². The van der Waals surface area contributed by atoms with Gasteiger partial charge in [-0.3, -0.25) is 9.59 Å². The molecule has 1 heterocycles. The summed E-state index contributed by atoms with van der Waals surface area (Å²) in [5, 5.41) is 13.3. The van der Waals surface area contributed by atoms with Crippen molar-refractivity contribution in [3.8, 4) is 5.75 Å². The number of fused-ring (bicyclic) bond motifs is 1. The Hall–Kier alpha value is -4.88. The molecule has 0 saturated heterocycles. The molecule has 0 radical (unpaired) electrons. The van der Waals surface area contributed by atoms with Gasteiger partial charge in [-0.15, -0.1) is 4.68 Å². The van der Waals surface area contributed by atoms with E-state index < -0.39 is 53.0 Å². The molecule has 244 valence electrons. The van der Waals surface area contributed by atoms with Crippen LogP contribution in [0.3, 0.4) is 0 Å². The van der Waals surface area contributed by atoms with Gasteiger partial charge < -0.3 is 14.7 Å². The van der Waals surface area contributed by atoms with Gasteiger partial charge in [0.2, 0.25) is 0 Å². The predicted molar refractivity (Wildman–Crippen MR) is 152 cm³/mol. The van der Waals surface area contributed by atoms with Crippen molar-refractivity contribution in [2.24, 2.45) is 0 Å². The third kappa shape index (κ3) is 7.00. The van der Waals surface area contributed by atoms with Gasteiger partial charge >= 0.3 is 24.3 Å². The van der Waals surface area contributed by atoms with Crippen molar-refractivity contribution in [3.05, 3.63) is 99.4 Å². The minimum absolute atomic E-state index is 0.0252. The normalized spacial score (nSPS) is 12.2. The largest absolute Gasteiger partial charge is 0.595 e. The Kier molecular flexibility index (Phi) is 9.50. The zero-order valence-corrected chi connectivity index (χ0v) is 25.0. The van der Waals surface area contributed by atoms with E-state index in [0.29, 0.717) is 11.3 Å². The van der Waals surface area contributed by atoms with E-state index in [9.17, 15) is 45.9 Å². The first kappa shape index (κ1) is 34.0. The Labute approximate surface area is 258 Å². The molecule has 0 aliphatic rings. The number of rotatable bonds is 9. The smallest absolute Gasteiger partial charge is 0.434 e. The number of halogens is 6. The fourth-order valence-electron chi connectivity index (χ4n) is 4.95. The first-order valence-corrected chi connectivity index (χ1v) is 14.0.